The second kappa shape index (κ2) is 7.27. The van der Waals surface area contributed by atoms with E-state index in [1.54, 1.807) is 12.1 Å². The normalized spacial score (nSPS) is 10.6. The van der Waals surface area contributed by atoms with Gasteiger partial charge in [-0.2, -0.15) is 4.98 Å². The van der Waals surface area contributed by atoms with Crippen LogP contribution in [0.1, 0.15) is 17.9 Å². The third-order valence-electron chi connectivity index (χ3n) is 3.46. The van der Waals surface area contributed by atoms with Crippen LogP contribution in [-0.4, -0.2) is 16.0 Å². The van der Waals surface area contributed by atoms with Crippen molar-refractivity contribution in [3.63, 3.8) is 0 Å². The minimum atomic E-state index is -0.154. The summed E-state index contributed by atoms with van der Waals surface area (Å²) < 4.78 is 5.22. The number of halogens is 1. The molecule has 24 heavy (non-hydrogen) atoms. The molecule has 1 N–H and O–H groups in total. The van der Waals surface area contributed by atoms with Crippen molar-refractivity contribution in [2.24, 2.45) is 0 Å². The number of anilines is 1. The number of nitrogens with zero attached hydrogens (tertiary/aromatic N) is 2. The van der Waals surface area contributed by atoms with E-state index in [0.29, 0.717) is 28.8 Å². The van der Waals surface area contributed by atoms with Crippen LogP contribution in [0.15, 0.2) is 53.1 Å². The summed E-state index contributed by atoms with van der Waals surface area (Å²) in [5.41, 5.74) is 2.61. The number of para-hydroxylation sites is 1. The van der Waals surface area contributed by atoms with Gasteiger partial charge in [0.2, 0.25) is 17.6 Å². The number of carbonyl (C=O) groups is 1. The quantitative estimate of drug-likeness (QED) is 0.752. The highest BCUT2D eigenvalue weighted by atomic mass is 35.5. The summed E-state index contributed by atoms with van der Waals surface area (Å²) in [4.78, 5) is 16.3. The van der Waals surface area contributed by atoms with Crippen LogP contribution in [0.4, 0.5) is 5.69 Å². The first-order valence-corrected chi connectivity index (χ1v) is 7.93. The number of carbonyl (C=O) groups excluding carboxylic acids is 1. The predicted molar refractivity (Wildman–Crippen MR) is 92.9 cm³/mol. The third kappa shape index (κ3) is 4.00. The van der Waals surface area contributed by atoms with Crippen molar-refractivity contribution in [2.45, 2.75) is 19.8 Å². The van der Waals surface area contributed by atoms with Crippen molar-refractivity contribution >= 4 is 23.2 Å². The summed E-state index contributed by atoms with van der Waals surface area (Å²) in [5.74, 6) is 0.805. The zero-order valence-electron chi connectivity index (χ0n) is 13.1. The Kier molecular flexibility index (Phi) is 4.91. The lowest BCUT2D eigenvalue weighted by atomic mass is 10.1. The van der Waals surface area contributed by atoms with Gasteiger partial charge in [0, 0.05) is 18.4 Å². The molecule has 1 heterocycles. The van der Waals surface area contributed by atoms with Crippen molar-refractivity contribution in [2.75, 3.05) is 5.32 Å². The molecule has 0 radical (unpaired) electrons. The fourth-order valence-corrected chi connectivity index (χ4v) is 2.44. The van der Waals surface area contributed by atoms with Gasteiger partial charge in [0.15, 0.2) is 0 Å². The number of rotatable bonds is 5. The molecule has 1 amide bonds. The topological polar surface area (TPSA) is 68.0 Å². The zero-order valence-corrected chi connectivity index (χ0v) is 13.9. The first kappa shape index (κ1) is 16.2. The maximum absolute atomic E-state index is 12.0. The maximum Gasteiger partial charge on any atom is 0.227 e. The Morgan fingerprint density at radius 1 is 1.21 bits per heavy atom. The van der Waals surface area contributed by atoms with Crippen LogP contribution in [0, 0.1) is 6.92 Å². The lowest BCUT2D eigenvalue weighted by Gasteiger charge is -2.05. The molecule has 0 saturated carbocycles. The van der Waals surface area contributed by atoms with E-state index in [2.05, 4.69) is 15.5 Å². The molecule has 0 spiro atoms. The standard InChI is InChI=1S/C18H16ClN3O2/c1-12-5-4-6-13(11-12)18-21-17(24-22-18)10-9-16(23)20-15-8-3-2-7-14(15)19/h2-8,11H,9-10H2,1H3,(H,20,23). The van der Waals surface area contributed by atoms with Crippen LogP contribution in [0.25, 0.3) is 11.4 Å². The van der Waals surface area contributed by atoms with E-state index in [0.717, 1.165) is 11.1 Å². The molecule has 0 unspecified atom stereocenters. The van der Waals surface area contributed by atoms with E-state index < -0.39 is 0 Å². The van der Waals surface area contributed by atoms with Gasteiger partial charge >= 0.3 is 0 Å². The van der Waals surface area contributed by atoms with Gasteiger partial charge in [-0.05, 0) is 25.1 Å². The van der Waals surface area contributed by atoms with Crippen LogP contribution in [0.5, 0.6) is 0 Å². The smallest absolute Gasteiger partial charge is 0.227 e. The highest BCUT2D eigenvalue weighted by Gasteiger charge is 2.11. The van der Waals surface area contributed by atoms with Gasteiger partial charge in [-0.25, -0.2) is 0 Å². The number of aromatic nitrogens is 2. The minimum absolute atomic E-state index is 0.154. The second-order valence-corrected chi connectivity index (χ2v) is 5.82. The highest BCUT2D eigenvalue weighted by molar-refractivity contribution is 6.33. The molecule has 1 aromatic heterocycles. The number of nitrogens with one attached hydrogen (secondary N) is 1. The Morgan fingerprint density at radius 2 is 2.04 bits per heavy atom. The van der Waals surface area contributed by atoms with E-state index in [9.17, 15) is 4.79 Å². The molecule has 5 nitrogen and oxygen atoms in total. The lowest BCUT2D eigenvalue weighted by molar-refractivity contribution is -0.116. The molecule has 3 aromatic rings. The lowest BCUT2D eigenvalue weighted by Crippen LogP contribution is -2.12. The summed E-state index contributed by atoms with van der Waals surface area (Å²) in [7, 11) is 0. The van der Waals surface area contributed by atoms with Crippen LogP contribution >= 0.6 is 11.6 Å². The first-order chi connectivity index (χ1) is 11.6. The number of hydrogen-bond acceptors (Lipinski definition) is 4. The van der Waals surface area contributed by atoms with Gasteiger partial charge in [0.1, 0.15) is 0 Å². The third-order valence-corrected chi connectivity index (χ3v) is 3.79. The molecule has 0 saturated heterocycles. The van der Waals surface area contributed by atoms with Gasteiger partial charge in [-0.3, -0.25) is 4.79 Å². The Balaban J connectivity index is 1.59. The molecule has 0 aliphatic heterocycles. The van der Waals surface area contributed by atoms with Crippen LogP contribution < -0.4 is 5.32 Å². The first-order valence-electron chi connectivity index (χ1n) is 7.56. The van der Waals surface area contributed by atoms with Crippen molar-refractivity contribution in [3.05, 3.63) is 65.0 Å². The van der Waals surface area contributed by atoms with E-state index in [-0.39, 0.29) is 12.3 Å². The second-order valence-electron chi connectivity index (χ2n) is 5.41. The predicted octanol–water partition coefficient (Wildman–Crippen LogP) is 4.27. The van der Waals surface area contributed by atoms with E-state index >= 15 is 0 Å². The van der Waals surface area contributed by atoms with Gasteiger partial charge in [0.05, 0.1) is 10.7 Å². The van der Waals surface area contributed by atoms with Gasteiger partial charge in [-0.15, -0.1) is 0 Å². The van der Waals surface area contributed by atoms with Crippen molar-refractivity contribution in [1.29, 1.82) is 0 Å². The molecule has 122 valence electrons. The van der Waals surface area contributed by atoms with Crippen molar-refractivity contribution in [3.8, 4) is 11.4 Å². The van der Waals surface area contributed by atoms with Gasteiger partial charge < -0.3 is 9.84 Å². The van der Waals surface area contributed by atoms with E-state index in [1.165, 1.54) is 0 Å². The largest absolute Gasteiger partial charge is 0.339 e. The van der Waals surface area contributed by atoms with Crippen LogP contribution in [-0.2, 0) is 11.2 Å². The number of benzene rings is 2. The molecule has 3 rings (SSSR count). The number of aryl methyl sites for hydroxylation is 2. The molecular weight excluding hydrogens is 326 g/mol. The summed E-state index contributed by atoms with van der Waals surface area (Å²) in [5, 5.41) is 7.24. The number of amides is 1. The molecular formula is C18H16ClN3O2. The summed E-state index contributed by atoms with van der Waals surface area (Å²) >= 11 is 6.01. The monoisotopic (exact) mass is 341 g/mol. The maximum atomic E-state index is 12.0. The molecule has 0 fully saturated rings. The average molecular weight is 342 g/mol. The summed E-state index contributed by atoms with van der Waals surface area (Å²) in [6.45, 7) is 2.00. The van der Waals surface area contributed by atoms with Gasteiger partial charge in [-0.1, -0.05) is 52.7 Å². The molecule has 0 atom stereocenters. The highest BCUT2D eigenvalue weighted by Crippen LogP contribution is 2.21. The van der Waals surface area contributed by atoms with Gasteiger partial charge in [0.25, 0.3) is 0 Å². The summed E-state index contributed by atoms with van der Waals surface area (Å²) in [6.07, 6.45) is 0.607. The molecule has 0 aliphatic rings. The Hall–Kier alpha value is -2.66. The Bertz CT molecular complexity index is 861. The molecule has 0 aliphatic carbocycles. The fraction of sp³-hybridized carbons (Fsp3) is 0.167. The van der Waals surface area contributed by atoms with Crippen LogP contribution in [0.2, 0.25) is 5.02 Å². The Morgan fingerprint density at radius 3 is 2.83 bits per heavy atom. The molecule has 0 bridgehead atoms. The molecule has 2 aromatic carbocycles. The SMILES string of the molecule is Cc1cccc(-c2noc(CCC(=O)Nc3ccccc3Cl)n2)c1. The van der Waals surface area contributed by atoms with E-state index in [4.69, 9.17) is 16.1 Å². The van der Waals surface area contributed by atoms with Crippen molar-refractivity contribution < 1.29 is 9.32 Å². The Labute approximate surface area is 144 Å². The summed E-state index contributed by atoms with van der Waals surface area (Å²) in [6, 6.07) is 15.0. The number of hydrogen-bond donors (Lipinski definition) is 1. The zero-order chi connectivity index (χ0) is 16.9. The van der Waals surface area contributed by atoms with E-state index in [1.807, 2.05) is 43.3 Å². The van der Waals surface area contributed by atoms with Crippen molar-refractivity contribution in [1.82, 2.24) is 10.1 Å². The minimum Gasteiger partial charge on any atom is -0.339 e. The van der Waals surface area contributed by atoms with Crippen LogP contribution in [0.3, 0.4) is 0 Å². The average Bonchev–Trinajstić information content (AvgIpc) is 3.04. The molecule has 6 heteroatoms. The fourth-order valence-electron chi connectivity index (χ4n) is 2.25.